The fraction of sp³-hybridized carbons (Fsp3) is 0.368. The van der Waals surface area contributed by atoms with Gasteiger partial charge in [0, 0.05) is 26.2 Å². The number of carbonyl (C=O) groups excluding carboxylic acids is 2. The normalized spacial score (nSPS) is 20.0. The number of anilines is 1. The predicted molar refractivity (Wildman–Crippen MR) is 109 cm³/mol. The topological polar surface area (TPSA) is 96.0 Å². The molecule has 0 unspecified atom stereocenters. The molecule has 154 valence electrons. The van der Waals surface area contributed by atoms with E-state index in [1.54, 1.807) is 17.0 Å². The molecule has 1 fully saturated rings. The molecule has 2 aliphatic heterocycles. The Labute approximate surface area is 173 Å². The largest absolute Gasteiger partial charge is 0.478 e. The van der Waals surface area contributed by atoms with Crippen LogP contribution in [-0.4, -0.2) is 61.7 Å². The van der Waals surface area contributed by atoms with Crippen LogP contribution in [0.3, 0.4) is 0 Å². The van der Waals surface area contributed by atoms with E-state index in [4.69, 9.17) is 4.74 Å². The van der Waals surface area contributed by atoms with Crippen molar-refractivity contribution < 1.29 is 22.7 Å². The summed E-state index contributed by atoms with van der Waals surface area (Å²) in [5, 5.41) is 4.56. The van der Waals surface area contributed by atoms with Gasteiger partial charge in [0.05, 0.1) is 15.5 Å². The lowest BCUT2D eigenvalue weighted by Gasteiger charge is -2.34. The first-order valence-electron chi connectivity index (χ1n) is 9.34. The van der Waals surface area contributed by atoms with Gasteiger partial charge in [-0.05, 0) is 36.1 Å². The zero-order chi connectivity index (χ0) is 20.6. The van der Waals surface area contributed by atoms with Crippen LogP contribution in [0.15, 0.2) is 40.6 Å². The van der Waals surface area contributed by atoms with Crippen LogP contribution in [0.1, 0.15) is 23.0 Å². The smallest absolute Gasteiger partial charge is 0.265 e. The van der Waals surface area contributed by atoms with Gasteiger partial charge in [-0.1, -0.05) is 13.0 Å². The molecule has 0 radical (unpaired) electrons. The Bertz CT molecular complexity index is 1030. The van der Waals surface area contributed by atoms with Crippen LogP contribution in [0, 0.1) is 0 Å². The van der Waals surface area contributed by atoms with Gasteiger partial charge in [-0.25, -0.2) is 8.42 Å². The number of ether oxygens (including phenoxy) is 1. The summed E-state index contributed by atoms with van der Waals surface area (Å²) in [5.41, 5.74) is 0.354. The number of carbonyl (C=O) groups is 2. The Morgan fingerprint density at radius 2 is 2.00 bits per heavy atom. The minimum Gasteiger partial charge on any atom is -0.478 e. The van der Waals surface area contributed by atoms with Crippen LogP contribution >= 0.6 is 11.3 Å². The molecule has 2 aromatic rings. The Hall–Kier alpha value is -2.43. The summed E-state index contributed by atoms with van der Waals surface area (Å²) in [6.07, 6.45) is -0.0429. The highest BCUT2D eigenvalue weighted by molar-refractivity contribution is 7.89. The summed E-state index contributed by atoms with van der Waals surface area (Å²) in [7, 11) is -3.74. The van der Waals surface area contributed by atoms with Crippen molar-refractivity contribution in [2.24, 2.45) is 0 Å². The second-order valence-electron chi connectivity index (χ2n) is 6.84. The molecule has 4 rings (SSSR count). The van der Waals surface area contributed by atoms with E-state index >= 15 is 0 Å². The molecule has 1 saturated heterocycles. The van der Waals surface area contributed by atoms with Crippen molar-refractivity contribution in [2.75, 3.05) is 31.5 Å². The van der Waals surface area contributed by atoms with Gasteiger partial charge in [0.15, 0.2) is 6.10 Å². The number of nitrogens with zero attached hydrogens (tertiary/aromatic N) is 2. The van der Waals surface area contributed by atoms with Gasteiger partial charge in [-0.2, -0.15) is 4.31 Å². The number of hydrogen-bond acceptors (Lipinski definition) is 6. The summed E-state index contributed by atoms with van der Waals surface area (Å²) >= 11 is 1.37. The molecule has 1 N–H and O–H groups in total. The second kappa shape index (κ2) is 7.77. The highest BCUT2D eigenvalue weighted by Gasteiger charge is 2.32. The summed E-state index contributed by atoms with van der Waals surface area (Å²) in [6.45, 7) is 2.95. The Kier molecular flexibility index (Phi) is 5.32. The standard InChI is InChI=1S/C19H21N3O5S2/c1-2-15-18(23)20-14-12-13(5-6-16(14)27-15)29(25,26)22-9-7-21(8-10-22)19(24)17-4-3-11-28-17/h3-6,11-12,15H,2,7-10H2,1H3,(H,20,23)/t15-/m0/s1. The Morgan fingerprint density at radius 1 is 1.24 bits per heavy atom. The number of nitrogens with one attached hydrogen (secondary N) is 1. The van der Waals surface area contributed by atoms with Gasteiger partial charge in [0.2, 0.25) is 10.0 Å². The third-order valence-corrected chi connectivity index (χ3v) is 7.79. The first kappa shape index (κ1) is 19.9. The number of piperazine rings is 1. The van der Waals surface area contributed by atoms with Gasteiger partial charge in [-0.15, -0.1) is 11.3 Å². The van der Waals surface area contributed by atoms with E-state index in [1.807, 2.05) is 18.4 Å². The highest BCUT2D eigenvalue weighted by atomic mass is 32.2. The van der Waals surface area contributed by atoms with E-state index < -0.39 is 16.1 Å². The number of hydrogen-bond donors (Lipinski definition) is 1. The molecule has 8 nitrogen and oxygen atoms in total. The zero-order valence-corrected chi connectivity index (χ0v) is 17.5. The molecule has 0 aliphatic carbocycles. The third-order valence-electron chi connectivity index (χ3n) is 5.04. The molecule has 2 amide bonds. The van der Waals surface area contributed by atoms with Crippen molar-refractivity contribution >= 4 is 38.9 Å². The minimum atomic E-state index is -3.74. The van der Waals surface area contributed by atoms with Gasteiger partial charge in [-0.3, -0.25) is 9.59 Å². The fourth-order valence-corrected chi connectivity index (χ4v) is 5.54. The molecule has 0 spiro atoms. The monoisotopic (exact) mass is 435 g/mol. The van der Waals surface area contributed by atoms with Crippen LogP contribution in [-0.2, 0) is 14.8 Å². The number of sulfonamides is 1. The third kappa shape index (κ3) is 3.75. The lowest BCUT2D eigenvalue weighted by Crippen LogP contribution is -2.50. The molecule has 3 heterocycles. The molecular formula is C19H21N3O5S2. The summed E-state index contributed by atoms with van der Waals surface area (Å²) in [5.74, 6) is 0.105. The lowest BCUT2D eigenvalue weighted by molar-refractivity contribution is -0.123. The maximum Gasteiger partial charge on any atom is 0.265 e. The van der Waals surface area contributed by atoms with Crippen LogP contribution in [0.4, 0.5) is 5.69 Å². The summed E-state index contributed by atoms with van der Waals surface area (Å²) in [6, 6.07) is 8.07. The number of benzene rings is 1. The number of rotatable bonds is 4. The first-order chi connectivity index (χ1) is 13.9. The van der Waals surface area contributed by atoms with E-state index in [9.17, 15) is 18.0 Å². The van der Waals surface area contributed by atoms with Gasteiger partial charge >= 0.3 is 0 Å². The van der Waals surface area contributed by atoms with Crippen molar-refractivity contribution in [1.29, 1.82) is 0 Å². The molecule has 0 bridgehead atoms. The van der Waals surface area contributed by atoms with Crippen molar-refractivity contribution in [3.8, 4) is 5.75 Å². The lowest BCUT2D eigenvalue weighted by atomic mass is 10.2. The summed E-state index contributed by atoms with van der Waals surface area (Å²) in [4.78, 5) is 26.9. The Morgan fingerprint density at radius 3 is 2.66 bits per heavy atom. The maximum absolute atomic E-state index is 13.1. The van der Waals surface area contributed by atoms with Crippen LogP contribution in [0.5, 0.6) is 5.75 Å². The van der Waals surface area contributed by atoms with Crippen molar-refractivity contribution in [3.05, 3.63) is 40.6 Å². The molecule has 1 atom stereocenters. The van der Waals surface area contributed by atoms with Crippen LogP contribution in [0.25, 0.3) is 0 Å². The number of thiophene rings is 1. The molecule has 29 heavy (non-hydrogen) atoms. The minimum absolute atomic E-state index is 0.0730. The predicted octanol–water partition coefficient (Wildman–Crippen LogP) is 2.00. The molecular weight excluding hydrogens is 414 g/mol. The van der Waals surface area contributed by atoms with Crippen LogP contribution < -0.4 is 10.1 Å². The van der Waals surface area contributed by atoms with Crippen molar-refractivity contribution in [3.63, 3.8) is 0 Å². The fourth-order valence-electron chi connectivity index (χ4n) is 3.40. The van der Waals surface area contributed by atoms with E-state index in [-0.39, 0.29) is 29.8 Å². The van der Waals surface area contributed by atoms with E-state index in [0.717, 1.165) is 0 Å². The summed E-state index contributed by atoms with van der Waals surface area (Å²) < 4.78 is 33.1. The van der Waals surface area contributed by atoms with Gasteiger partial charge in [0.25, 0.3) is 11.8 Å². The van der Waals surface area contributed by atoms with Crippen molar-refractivity contribution in [2.45, 2.75) is 24.3 Å². The van der Waals surface area contributed by atoms with E-state index in [2.05, 4.69) is 5.32 Å². The zero-order valence-electron chi connectivity index (χ0n) is 15.8. The molecule has 1 aromatic heterocycles. The average Bonchev–Trinajstić information content (AvgIpc) is 3.27. The second-order valence-corrected chi connectivity index (χ2v) is 9.72. The van der Waals surface area contributed by atoms with E-state index in [1.165, 1.54) is 27.8 Å². The Balaban J connectivity index is 1.48. The van der Waals surface area contributed by atoms with Gasteiger partial charge < -0.3 is 15.0 Å². The molecule has 0 saturated carbocycles. The maximum atomic E-state index is 13.1. The van der Waals surface area contributed by atoms with E-state index in [0.29, 0.717) is 35.8 Å². The van der Waals surface area contributed by atoms with Gasteiger partial charge in [0.1, 0.15) is 5.75 Å². The molecule has 1 aromatic carbocycles. The average molecular weight is 436 g/mol. The number of fused-ring (bicyclic) bond motifs is 1. The quantitative estimate of drug-likeness (QED) is 0.793. The first-order valence-corrected chi connectivity index (χ1v) is 11.7. The van der Waals surface area contributed by atoms with Crippen molar-refractivity contribution in [1.82, 2.24) is 9.21 Å². The molecule has 10 heteroatoms. The van der Waals surface area contributed by atoms with Crippen LogP contribution in [0.2, 0.25) is 0 Å². The highest BCUT2D eigenvalue weighted by Crippen LogP contribution is 2.33. The molecule has 2 aliphatic rings. The SMILES string of the molecule is CC[C@@H]1Oc2ccc(S(=O)(=O)N3CCN(C(=O)c4cccs4)CC3)cc2NC1=O. The number of amides is 2.